The lowest BCUT2D eigenvalue weighted by molar-refractivity contribution is -0.124. The number of hydrogen-bond donors (Lipinski definition) is 4. The quantitative estimate of drug-likeness (QED) is 0.249. The molecule has 0 aliphatic heterocycles. The van der Waals surface area contributed by atoms with Crippen LogP contribution in [0.25, 0.3) is 0 Å². The average Bonchev–Trinajstić information content (AvgIpc) is 2.78. The summed E-state index contributed by atoms with van der Waals surface area (Å²) in [4.78, 5) is 23.6. The topological polar surface area (TPSA) is 117 Å². The molecule has 4 N–H and O–H groups in total. The smallest absolute Gasteiger partial charge is 0.412 e. The number of halogens is 2. The normalized spacial score (nSPS) is 12.8. The summed E-state index contributed by atoms with van der Waals surface area (Å²) >= 11 is 0. The lowest BCUT2D eigenvalue weighted by Gasteiger charge is -2.24. The number of carbonyl (C=O) groups is 2. The molecule has 2 rings (SSSR count). The van der Waals surface area contributed by atoms with Gasteiger partial charge in [-0.25, -0.2) is 19.1 Å². The van der Waals surface area contributed by atoms with Crippen LogP contribution in [0, 0.1) is 17.6 Å². The van der Waals surface area contributed by atoms with Gasteiger partial charge in [0.05, 0.1) is 12.3 Å². The fourth-order valence-corrected chi connectivity index (χ4v) is 2.83. The highest BCUT2D eigenvalue weighted by molar-refractivity contribution is 5.86. The molecule has 0 heterocycles. The standard InChI is InChI=1S/C22H24F2N2O6/c1-14(3-2-4-20(28)26-30)21(15-5-8-17(9-6-15)31-12-11-27)32-22(29)25-19-10-7-16(23)13-18(19)24/h2,4-10,13-14,21,27,30H,3,11-12H2,1H3,(H,25,29)(H,26,28)/b4-2+/t14-,21-/m0/s1. The van der Waals surface area contributed by atoms with E-state index in [2.05, 4.69) is 5.32 Å². The van der Waals surface area contributed by atoms with Crippen molar-refractivity contribution < 1.29 is 38.2 Å². The van der Waals surface area contributed by atoms with Gasteiger partial charge in [-0.2, -0.15) is 0 Å². The maximum absolute atomic E-state index is 13.8. The molecule has 32 heavy (non-hydrogen) atoms. The Hall–Kier alpha value is -3.50. The Kier molecular flexibility index (Phi) is 9.58. The van der Waals surface area contributed by atoms with Gasteiger partial charge < -0.3 is 14.6 Å². The average molecular weight is 450 g/mol. The number of hydrogen-bond acceptors (Lipinski definition) is 6. The summed E-state index contributed by atoms with van der Waals surface area (Å²) in [5.41, 5.74) is 1.84. The number of allylic oxidation sites excluding steroid dienone is 1. The number of rotatable bonds is 10. The second-order valence-electron chi connectivity index (χ2n) is 6.81. The number of hydroxylamine groups is 1. The Morgan fingerprint density at radius 2 is 1.88 bits per heavy atom. The van der Waals surface area contributed by atoms with Crippen LogP contribution >= 0.6 is 0 Å². The van der Waals surface area contributed by atoms with E-state index in [4.69, 9.17) is 19.8 Å². The number of aliphatic hydroxyl groups excluding tert-OH is 1. The summed E-state index contributed by atoms with van der Waals surface area (Å²) in [6.45, 7) is 1.76. The molecular formula is C22H24F2N2O6. The van der Waals surface area contributed by atoms with Crippen molar-refractivity contribution in [3.63, 3.8) is 0 Å². The predicted molar refractivity (Wildman–Crippen MR) is 111 cm³/mol. The van der Waals surface area contributed by atoms with Gasteiger partial charge in [0.25, 0.3) is 5.91 Å². The van der Waals surface area contributed by atoms with Gasteiger partial charge in [0, 0.05) is 18.1 Å². The van der Waals surface area contributed by atoms with Gasteiger partial charge in [0.2, 0.25) is 0 Å². The summed E-state index contributed by atoms with van der Waals surface area (Å²) in [6, 6.07) is 9.33. The maximum atomic E-state index is 13.8. The van der Waals surface area contributed by atoms with Gasteiger partial charge in [-0.15, -0.1) is 0 Å². The molecule has 0 radical (unpaired) electrons. The van der Waals surface area contributed by atoms with Crippen molar-refractivity contribution in [1.29, 1.82) is 0 Å². The third-order valence-electron chi connectivity index (χ3n) is 4.37. The Morgan fingerprint density at radius 1 is 1.16 bits per heavy atom. The fraction of sp³-hybridized carbons (Fsp3) is 0.273. The van der Waals surface area contributed by atoms with E-state index in [9.17, 15) is 18.4 Å². The largest absolute Gasteiger partial charge is 0.491 e. The summed E-state index contributed by atoms with van der Waals surface area (Å²) in [5, 5.41) is 19.7. The first-order valence-corrected chi connectivity index (χ1v) is 9.71. The van der Waals surface area contributed by atoms with E-state index in [0.29, 0.717) is 23.8 Å². The van der Waals surface area contributed by atoms with Gasteiger partial charge in [0.15, 0.2) is 0 Å². The Morgan fingerprint density at radius 3 is 2.50 bits per heavy atom. The molecule has 2 aromatic carbocycles. The van der Waals surface area contributed by atoms with Crippen molar-refractivity contribution in [2.75, 3.05) is 18.5 Å². The lowest BCUT2D eigenvalue weighted by Crippen LogP contribution is -2.22. The number of carbonyl (C=O) groups excluding carboxylic acids is 2. The second-order valence-corrected chi connectivity index (χ2v) is 6.81. The molecule has 0 aromatic heterocycles. The third-order valence-corrected chi connectivity index (χ3v) is 4.37. The first-order valence-electron chi connectivity index (χ1n) is 9.71. The predicted octanol–water partition coefficient (Wildman–Crippen LogP) is 3.71. The van der Waals surface area contributed by atoms with Crippen LogP contribution in [0.5, 0.6) is 5.75 Å². The molecule has 8 nitrogen and oxygen atoms in total. The zero-order valence-electron chi connectivity index (χ0n) is 17.3. The van der Waals surface area contributed by atoms with Crippen LogP contribution in [0.15, 0.2) is 54.6 Å². The molecule has 172 valence electrons. The molecule has 0 saturated carbocycles. The summed E-state index contributed by atoms with van der Waals surface area (Å²) in [7, 11) is 0. The van der Waals surface area contributed by atoms with E-state index in [1.807, 2.05) is 0 Å². The highest BCUT2D eigenvalue weighted by Gasteiger charge is 2.24. The second kappa shape index (κ2) is 12.4. The Balaban J connectivity index is 2.17. The van der Waals surface area contributed by atoms with E-state index in [0.717, 1.165) is 18.2 Å². The van der Waals surface area contributed by atoms with E-state index in [-0.39, 0.29) is 24.8 Å². The molecule has 0 saturated heterocycles. The van der Waals surface area contributed by atoms with Crippen molar-refractivity contribution >= 4 is 17.7 Å². The van der Waals surface area contributed by atoms with Gasteiger partial charge >= 0.3 is 6.09 Å². The Labute approximate surface area is 183 Å². The number of ether oxygens (including phenoxy) is 2. The molecular weight excluding hydrogens is 426 g/mol. The van der Waals surface area contributed by atoms with Crippen molar-refractivity contribution in [3.05, 3.63) is 71.8 Å². The molecule has 0 bridgehead atoms. The molecule has 0 aliphatic carbocycles. The van der Waals surface area contributed by atoms with Gasteiger partial charge in [-0.3, -0.25) is 15.3 Å². The van der Waals surface area contributed by atoms with Crippen LogP contribution < -0.4 is 15.5 Å². The van der Waals surface area contributed by atoms with Crippen molar-refractivity contribution in [3.8, 4) is 5.75 Å². The molecule has 2 aromatic rings. The highest BCUT2D eigenvalue weighted by Crippen LogP contribution is 2.31. The van der Waals surface area contributed by atoms with Crippen LogP contribution in [-0.2, 0) is 9.53 Å². The molecule has 2 atom stereocenters. The highest BCUT2D eigenvalue weighted by atomic mass is 19.1. The lowest BCUT2D eigenvalue weighted by atomic mass is 9.94. The fourth-order valence-electron chi connectivity index (χ4n) is 2.83. The minimum Gasteiger partial charge on any atom is -0.491 e. The minimum atomic E-state index is -0.954. The van der Waals surface area contributed by atoms with E-state index in [1.165, 1.54) is 11.6 Å². The first kappa shape index (κ1) is 24.8. The number of aliphatic hydroxyl groups is 1. The van der Waals surface area contributed by atoms with E-state index < -0.39 is 29.7 Å². The van der Waals surface area contributed by atoms with Gasteiger partial charge in [0.1, 0.15) is 30.1 Å². The SMILES string of the molecule is C[C@@H](C/C=C/C(=O)NO)[C@H](OC(=O)Nc1ccc(F)cc1F)c1ccc(OCCO)cc1. The van der Waals surface area contributed by atoms with E-state index >= 15 is 0 Å². The van der Waals surface area contributed by atoms with Gasteiger partial charge in [-0.05, 0) is 36.2 Å². The summed E-state index contributed by atoms with van der Waals surface area (Å²) in [5.74, 6) is -2.26. The minimum absolute atomic E-state index is 0.124. The van der Waals surface area contributed by atoms with Crippen LogP contribution in [-0.4, -0.2) is 35.5 Å². The Bertz CT molecular complexity index is 937. The van der Waals surface area contributed by atoms with Crippen molar-refractivity contribution in [2.24, 2.45) is 5.92 Å². The molecule has 10 heteroatoms. The third kappa shape index (κ3) is 7.64. The van der Waals surface area contributed by atoms with Crippen molar-refractivity contribution in [1.82, 2.24) is 5.48 Å². The molecule has 0 aliphatic rings. The zero-order valence-corrected chi connectivity index (χ0v) is 17.3. The van der Waals surface area contributed by atoms with E-state index in [1.54, 1.807) is 31.2 Å². The molecule has 0 spiro atoms. The molecule has 0 unspecified atom stereocenters. The number of amides is 2. The summed E-state index contributed by atoms with van der Waals surface area (Å²) < 4.78 is 37.7. The number of nitrogens with one attached hydrogen (secondary N) is 2. The number of benzene rings is 2. The van der Waals surface area contributed by atoms with Crippen LogP contribution in [0.1, 0.15) is 25.0 Å². The molecule has 2 amide bonds. The number of anilines is 1. The van der Waals surface area contributed by atoms with Crippen LogP contribution in [0.3, 0.4) is 0 Å². The monoisotopic (exact) mass is 450 g/mol. The van der Waals surface area contributed by atoms with Crippen LogP contribution in [0.4, 0.5) is 19.3 Å². The maximum Gasteiger partial charge on any atom is 0.412 e. The summed E-state index contributed by atoms with van der Waals surface area (Å²) in [6.07, 6.45) is 1.19. The molecule has 0 fully saturated rings. The van der Waals surface area contributed by atoms with Crippen LogP contribution in [0.2, 0.25) is 0 Å². The first-order chi connectivity index (χ1) is 15.3. The van der Waals surface area contributed by atoms with Gasteiger partial charge in [-0.1, -0.05) is 25.1 Å². The zero-order chi connectivity index (χ0) is 23.5. The van der Waals surface area contributed by atoms with Crippen molar-refractivity contribution in [2.45, 2.75) is 19.4 Å².